The van der Waals surface area contributed by atoms with Crippen LogP contribution in [0.4, 0.5) is 0 Å². The van der Waals surface area contributed by atoms with Crippen LogP contribution in [0.25, 0.3) is 0 Å². The highest BCUT2D eigenvalue weighted by atomic mass is 79.9. The van der Waals surface area contributed by atoms with Crippen LogP contribution in [0.1, 0.15) is 35.6 Å². The molecule has 3 rings (SSSR count). The lowest BCUT2D eigenvalue weighted by Crippen LogP contribution is -2.24. The molecule has 1 aliphatic rings. The van der Waals surface area contributed by atoms with Gasteiger partial charge in [-0.15, -0.1) is 0 Å². The molecule has 1 fully saturated rings. The van der Waals surface area contributed by atoms with Gasteiger partial charge in [0.2, 0.25) is 0 Å². The molecule has 2 aromatic carbocycles. The Labute approximate surface area is 146 Å². The van der Waals surface area contributed by atoms with Crippen molar-refractivity contribution < 1.29 is 5.11 Å². The van der Waals surface area contributed by atoms with E-state index in [1.165, 1.54) is 18.4 Å². The number of phenolic OH excluding ortho intramolecular Hbond substituents is 1. The van der Waals surface area contributed by atoms with Gasteiger partial charge in [-0.1, -0.05) is 45.5 Å². The SMILES string of the molecule is Cc1ccc(C#CC(c2cc(Br)ccc2O)N2CCCC2)cc1. The number of likely N-dealkylation sites (tertiary alicyclic amines) is 1. The zero-order chi connectivity index (χ0) is 16.2. The molecule has 0 aliphatic carbocycles. The number of halogens is 1. The van der Waals surface area contributed by atoms with Crippen LogP contribution < -0.4 is 0 Å². The number of benzene rings is 2. The fraction of sp³-hybridized carbons (Fsp3) is 0.300. The first-order valence-corrected chi connectivity index (χ1v) is 8.73. The zero-order valence-corrected chi connectivity index (χ0v) is 14.8. The summed E-state index contributed by atoms with van der Waals surface area (Å²) in [5.74, 6) is 6.96. The van der Waals surface area contributed by atoms with Crippen molar-refractivity contribution in [1.29, 1.82) is 0 Å². The predicted octanol–water partition coefficient (Wildman–Crippen LogP) is 4.65. The molecule has 23 heavy (non-hydrogen) atoms. The van der Waals surface area contributed by atoms with Crippen LogP contribution in [0.2, 0.25) is 0 Å². The maximum Gasteiger partial charge on any atom is 0.121 e. The maximum atomic E-state index is 10.3. The summed E-state index contributed by atoms with van der Waals surface area (Å²) in [4.78, 5) is 2.35. The largest absolute Gasteiger partial charge is 0.508 e. The minimum absolute atomic E-state index is 0.0729. The fourth-order valence-electron chi connectivity index (χ4n) is 2.90. The van der Waals surface area contributed by atoms with Crippen LogP contribution in [0, 0.1) is 18.8 Å². The van der Waals surface area contributed by atoms with E-state index < -0.39 is 0 Å². The first kappa shape index (κ1) is 16.1. The van der Waals surface area contributed by atoms with Gasteiger partial charge < -0.3 is 5.11 Å². The van der Waals surface area contributed by atoms with Crippen LogP contribution in [-0.4, -0.2) is 23.1 Å². The van der Waals surface area contributed by atoms with Crippen LogP contribution in [0.5, 0.6) is 5.75 Å². The van der Waals surface area contributed by atoms with Crippen molar-refractivity contribution in [2.75, 3.05) is 13.1 Å². The molecule has 1 aliphatic heterocycles. The molecule has 0 amide bonds. The Morgan fingerprint density at radius 1 is 1.09 bits per heavy atom. The Bertz CT molecular complexity index is 736. The highest BCUT2D eigenvalue weighted by molar-refractivity contribution is 9.10. The second-order valence-electron chi connectivity index (χ2n) is 5.98. The first-order chi connectivity index (χ1) is 11.1. The van der Waals surface area contributed by atoms with E-state index >= 15 is 0 Å². The summed E-state index contributed by atoms with van der Waals surface area (Å²) in [5, 5.41) is 10.3. The Morgan fingerprint density at radius 2 is 1.78 bits per heavy atom. The monoisotopic (exact) mass is 369 g/mol. The maximum absolute atomic E-state index is 10.3. The summed E-state index contributed by atoms with van der Waals surface area (Å²) in [6.45, 7) is 4.13. The number of hydrogen-bond acceptors (Lipinski definition) is 2. The van der Waals surface area contributed by atoms with E-state index in [2.05, 4.69) is 51.7 Å². The third kappa shape index (κ3) is 3.96. The van der Waals surface area contributed by atoms with Crippen LogP contribution in [0.15, 0.2) is 46.9 Å². The second kappa shape index (κ2) is 7.21. The lowest BCUT2D eigenvalue weighted by atomic mass is 10.0. The van der Waals surface area contributed by atoms with E-state index in [4.69, 9.17) is 0 Å². The Balaban J connectivity index is 1.96. The zero-order valence-electron chi connectivity index (χ0n) is 13.2. The van der Waals surface area contributed by atoms with E-state index in [-0.39, 0.29) is 6.04 Å². The van der Waals surface area contributed by atoms with Gasteiger partial charge in [0, 0.05) is 15.6 Å². The highest BCUT2D eigenvalue weighted by Crippen LogP contribution is 2.32. The molecule has 1 heterocycles. The van der Waals surface area contributed by atoms with Crippen molar-refractivity contribution in [1.82, 2.24) is 4.90 Å². The molecule has 2 aromatic rings. The van der Waals surface area contributed by atoms with Gasteiger partial charge in [-0.05, 0) is 63.2 Å². The Hall–Kier alpha value is -1.76. The lowest BCUT2D eigenvalue weighted by Gasteiger charge is -2.24. The van der Waals surface area contributed by atoms with Crippen LogP contribution >= 0.6 is 15.9 Å². The third-order valence-electron chi connectivity index (χ3n) is 4.19. The average Bonchev–Trinajstić information content (AvgIpc) is 3.07. The number of aryl methyl sites for hydroxylation is 1. The van der Waals surface area contributed by atoms with Gasteiger partial charge >= 0.3 is 0 Å². The van der Waals surface area contributed by atoms with Crippen molar-refractivity contribution in [2.45, 2.75) is 25.8 Å². The molecule has 3 heteroatoms. The molecule has 1 unspecified atom stereocenters. The average molecular weight is 370 g/mol. The van der Waals surface area contributed by atoms with Gasteiger partial charge in [-0.2, -0.15) is 0 Å². The first-order valence-electron chi connectivity index (χ1n) is 7.94. The molecular formula is C20H20BrNO. The molecule has 0 bridgehead atoms. The summed E-state index contributed by atoms with van der Waals surface area (Å²) in [7, 11) is 0. The van der Waals surface area contributed by atoms with E-state index in [1.54, 1.807) is 6.07 Å². The van der Waals surface area contributed by atoms with Crippen molar-refractivity contribution in [2.24, 2.45) is 0 Å². The standard InChI is InChI=1S/C20H20BrNO/c1-15-4-6-16(7-5-15)8-10-19(22-12-2-3-13-22)18-14-17(21)9-11-20(18)23/h4-7,9,11,14,19,23H,2-3,12-13H2,1H3. The summed E-state index contributed by atoms with van der Waals surface area (Å²) < 4.78 is 0.964. The number of rotatable bonds is 2. The topological polar surface area (TPSA) is 23.5 Å². The quantitative estimate of drug-likeness (QED) is 0.778. The van der Waals surface area contributed by atoms with E-state index in [0.717, 1.165) is 28.7 Å². The van der Waals surface area contributed by atoms with Crippen molar-refractivity contribution in [3.8, 4) is 17.6 Å². The highest BCUT2D eigenvalue weighted by Gasteiger charge is 2.24. The summed E-state index contributed by atoms with van der Waals surface area (Å²) in [6.07, 6.45) is 2.38. The van der Waals surface area contributed by atoms with Crippen molar-refractivity contribution in [3.05, 3.63) is 63.6 Å². The van der Waals surface area contributed by atoms with E-state index in [0.29, 0.717) is 5.75 Å². The minimum atomic E-state index is -0.0729. The number of hydrogen-bond donors (Lipinski definition) is 1. The molecule has 1 N–H and O–H groups in total. The number of aromatic hydroxyl groups is 1. The van der Waals surface area contributed by atoms with Gasteiger partial charge in [0.25, 0.3) is 0 Å². The lowest BCUT2D eigenvalue weighted by molar-refractivity contribution is 0.290. The second-order valence-corrected chi connectivity index (χ2v) is 6.90. The van der Waals surface area contributed by atoms with Crippen molar-refractivity contribution >= 4 is 15.9 Å². The molecule has 0 saturated carbocycles. The molecule has 118 valence electrons. The molecular weight excluding hydrogens is 350 g/mol. The summed E-state index contributed by atoms with van der Waals surface area (Å²) in [6, 6.07) is 13.7. The molecule has 1 saturated heterocycles. The van der Waals surface area contributed by atoms with Gasteiger partial charge in [0.05, 0.1) is 0 Å². The molecule has 2 nitrogen and oxygen atoms in total. The smallest absolute Gasteiger partial charge is 0.121 e. The molecule has 0 spiro atoms. The van der Waals surface area contributed by atoms with Crippen LogP contribution in [0.3, 0.4) is 0 Å². The Morgan fingerprint density at radius 3 is 2.48 bits per heavy atom. The van der Waals surface area contributed by atoms with Gasteiger partial charge in [-0.3, -0.25) is 4.90 Å². The normalized spacial score (nSPS) is 15.9. The summed E-state index contributed by atoms with van der Waals surface area (Å²) >= 11 is 3.50. The Kier molecular flexibility index (Phi) is 5.05. The van der Waals surface area contributed by atoms with E-state index in [9.17, 15) is 5.11 Å². The molecule has 0 radical (unpaired) electrons. The predicted molar refractivity (Wildman–Crippen MR) is 97.4 cm³/mol. The van der Waals surface area contributed by atoms with Crippen LogP contribution in [-0.2, 0) is 0 Å². The van der Waals surface area contributed by atoms with E-state index in [1.807, 2.05) is 24.3 Å². The van der Waals surface area contributed by atoms with Gasteiger partial charge in [-0.25, -0.2) is 0 Å². The summed E-state index contributed by atoms with van der Waals surface area (Å²) in [5.41, 5.74) is 3.12. The van der Waals surface area contributed by atoms with Gasteiger partial charge in [0.15, 0.2) is 0 Å². The third-order valence-corrected chi connectivity index (χ3v) is 4.69. The van der Waals surface area contributed by atoms with Gasteiger partial charge in [0.1, 0.15) is 11.8 Å². The molecule has 1 atom stereocenters. The fourth-order valence-corrected chi connectivity index (χ4v) is 3.28. The minimum Gasteiger partial charge on any atom is -0.508 e. The number of phenols is 1. The van der Waals surface area contributed by atoms with Crippen molar-refractivity contribution in [3.63, 3.8) is 0 Å². The molecule has 0 aromatic heterocycles. The number of nitrogens with zero attached hydrogens (tertiary/aromatic N) is 1.